The Hall–Kier alpha value is -3.17. The van der Waals surface area contributed by atoms with Crippen molar-refractivity contribution >= 4 is 21.8 Å². The van der Waals surface area contributed by atoms with Crippen LogP contribution in [0.3, 0.4) is 0 Å². The summed E-state index contributed by atoms with van der Waals surface area (Å²) in [6, 6.07) is 17.0. The number of amides is 3. The number of hydrogen-bond acceptors (Lipinski definition) is 5. The SMILES string of the molecule is CC(C)C[C@H](NC(=O)N1CCNCC1)C(=O)N[C@H](C/C=C/S(=O)(=O)c1ccccc1)CCc1ccccc1. The number of hydrogen-bond donors (Lipinski definition) is 3. The molecule has 8 nitrogen and oxygen atoms in total. The average Bonchev–Trinajstić information content (AvgIpc) is 2.92. The van der Waals surface area contributed by atoms with Crippen LogP contribution in [0, 0.1) is 5.92 Å². The smallest absolute Gasteiger partial charge is 0.318 e. The average molecular weight is 541 g/mol. The van der Waals surface area contributed by atoms with E-state index in [-0.39, 0.29) is 28.8 Å². The largest absolute Gasteiger partial charge is 0.351 e. The second-order valence-electron chi connectivity index (χ2n) is 10.1. The molecular weight excluding hydrogens is 500 g/mol. The van der Waals surface area contributed by atoms with Crippen molar-refractivity contribution in [2.24, 2.45) is 5.92 Å². The number of benzene rings is 2. The van der Waals surface area contributed by atoms with Gasteiger partial charge in [-0.25, -0.2) is 13.2 Å². The van der Waals surface area contributed by atoms with Crippen LogP contribution in [0.1, 0.15) is 38.7 Å². The van der Waals surface area contributed by atoms with E-state index in [0.717, 1.165) is 25.1 Å². The minimum Gasteiger partial charge on any atom is -0.351 e. The van der Waals surface area contributed by atoms with Crippen LogP contribution >= 0.6 is 0 Å². The van der Waals surface area contributed by atoms with Gasteiger partial charge in [-0.1, -0.05) is 68.5 Å². The molecule has 0 spiro atoms. The highest BCUT2D eigenvalue weighted by atomic mass is 32.2. The number of carbonyl (C=O) groups is 2. The topological polar surface area (TPSA) is 108 Å². The van der Waals surface area contributed by atoms with Crippen molar-refractivity contribution in [3.05, 3.63) is 77.7 Å². The highest BCUT2D eigenvalue weighted by Gasteiger charge is 2.26. The Morgan fingerprint density at radius 2 is 1.61 bits per heavy atom. The highest BCUT2D eigenvalue weighted by Crippen LogP contribution is 2.14. The summed E-state index contributed by atoms with van der Waals surface area (Å²) in [7, 11) is -3.57. The second kappa shape index (κ2) is 14.7. The lowest BCUT2D eigenvalue weighted by Gasteiger charge is -2.30. The van der Waals surface area contributed by atoms with Crippen molar-refractivity contribution < 1.29 is 18.0 Å². The highest BCUT2D eigenvalue weighted by molar-refractivity contribution is 7.94. The fourth-order valence-electron chi connectivity index (χ4n) is 4.38. The van der Waals surface area contributed by atoms with Gasteiger partial charge in [0.15, 0.2) is 9.84 Å². The summed E-state index contributed by atoms with van der Waals surface area (Å²) in [6.45, 7) is 6.69. The Bertz CT molecular complexity index is 1150. The fourth-order valence-corrected chi connectivity index (χ4v) is 5.44. The summed E-state index contributed by atoms with van der Waals surface area (Å²) >= 11 is 0. The van der Waals surface area contributed by atoms with E-state index in [1.807, 2.05) is 44.2 Å². The molecule has 206 valence electrons. The Morgan fingerprint density at radius 3 is 2.24 bits per heavy atom. The van der Waals surface area contributed by atoms with Gasteiger partial charge in [0.25, 0.3) is 0 Å². The first-order valence-electron chi connectivity index (χ1n) is 13.3. The molecule has 3 amide bonds. The summed E-state index contributed by atoms with van der Waals surface area (Å²) in [5.41, 5.74) is 1.14. The van der Waals surface area contributed by atoms with Crippen molar-refractivity contribution in [2.75, 3.05) is 26.2 Å². The quantitative estimate of drug-likeness (QED) is 0.382. The summed E-state index contributed by atoms with van der Waals surface area (Å²) in [6.07, 6.45) is 3.83. The zero-order chi connectivity index (χ0) is 27.4. The van der Waals surface area contributed by atoms with Crippen LogP contribution < -0.4 is 16.0 Å². The molecule has 0 aromatic heterocycles. The zero-order valence-electron chi connectivity index (χ0n) is 22.3. The van der Waals surface area contributed by atoms with Gasteiger partial charge < -0.3 is 20.9 Å². The predicted octanol–water partition coefficient (Wildman–Crippen LogP) is 3.51. The molecule has 2 aromatic carbocycles. The zero-order valence-corrected chi connectivity index (χ0v) is 23.1. The van der Waals surface area contributed by atoms with Gasteiger partial charge in [-0.3, -0.25) is 4.79 Å². The molecule has 0 radical (unpaired) electrons. The molecule has 1 saturated heterocycles. The van der Waals surface area contributed by atoms with Gasteiger partial charge >= 0.3 is 6.03 Å². The normalized spacial score (nSPS) is 15.8. The number of sulfone groups is 1. The van der Waals surface area contributed by atoms with Gasteiger partial charge in [0.1, 0.15) is 6.04 Å². The number of nitrogens with zero attached hydrogens (tertiary/aromatic N) is 1. The van der Waals surface area contributed by atoms with E-state index in [9.17, 15) is 18.0 Å². The lowest BCUT2D eigenvalue weighted by atomic mass is 10.00. The van der Waals surface area contributed by atoms with Gasteiger partial charge in [0.05, 0.1) is 4.90 Å². The molecule has 9 heteroatoms. The molecular formula is C29H40N4O4S. The number of nitrogens with one attached hydrogen (secondary N) is 3. The molecule has 1 aliphatic rings. The van der Waals surface area contributed by atoms with Crippen LogP contribution in [0.5, 0.6) is 0 Å². The van der Waals surface area contributed by atoms with Crippen LogP contribution in [0.4, 0.5) is 4.79 Å². The van der Waals surface area contributed by atoms with Crippen LogP contribution in [0.15, 0.2) is 77.0 Å². The van der Waals surface area contributed by atoms with E-state index in [1.54, 1.807) is 41.3 Å². The molecule has 2 aromatic rings. The molecule has 1 aliphatic heterocycles. The number of rotatable bonds is 12. The number of urea groups is 1. The first kappa shape index (κ1) is 29.4. The Balaban J connectivity index is 1.70. The maximum Gasteiger partial charge on any atom is 0.318 e. The maximum atomic E-state index is 13.4. The van der Waals surface area contributed by atoms with Crippen molar-refractivity contribution in [3.8, 4) is 0 Å². The molecule has 0 aliphatic carbocycles. The van der Waals surface area contributed by atoms with Crippen LogP contribution in [-0.4, -0.2) is 63.5 Å². The fraction of sp³-hybridized carbons (Fsp3) is 0.448. The summed E-state index contributed by atoms with van der Waals surface area (Å²) < 4.78 is 25.4. The van der Waals surface area contributed by atoms with Crippen LogP contribution in [0.25, 0.3) is 0 Å². The van der Waals surface area contributed by atoms with E-state index >= 15 is 0 Å². The van der Waals surface area contributed by atoms with E-state index in [2.05, 4.69) is 16.0 Å². The maximum absolute atomic E-state index is 13.4. The first-order valence-corrected chi connectivity index (χ1v) is 14.9. The van der Waals surface area contributed by atoms with E-state index in [0.29, 0.717) is 32.4 Å². The van der Waals surface area contributed by atoms with Crippen molar-refractivity contribution in [1.29, 1.82) is 0 Å². The Kier molecular flexibility index (Phi) is 11.4. The molecule has 1 fully saturated rings. The summed E-state index contributed by atoms with van der Waals surface area (Å²) in [4.78, 5) is 28.2. The van der Waals surface area contributed by atoms with Gasteiger partial charge in [-0.15, -0.1) is 0 Å². The Morgan fingerprint density at radius 1 is 0.974 bits per heavy atom. The standard InChI is InChI=1S/C29H40N4O4S/c1-23(2)22-27(32-29(35)33-19-17-30-18-20-33)28(34)31-25(16-15-24-10-5-3-6-11-24)12-9-21-38(36,37)26-13-7-4-8-14-26/h3-11,13-14,21,23,25,27,30H,12,15-20,22H2,1-2H3,(H,31,34)(H,32,35)/b21-9+/t25-,27+/m1/s1. The second-order valence-corrected chi connectivity index (χ2v) is 11.9. The van der Waals surface area contributed by atoms with E-state index < -0.39 is 15.9 Å². The molecule has 3 N–H and O–H groups in total. The molecule has 0 unspecified atom stereocenters. The number of piperazine rings is 1. The molecule has 3 rings (SSSR count). The predicted molar refractivity (Wildman–Crippen MR) is 150 cm³/mol. The monoisotopic (exact) mass is 540 g/mol. The molecule has 0 saturated carbocycles. The molecule has 0 bridgehead atoms. The third-order valence-corrected chi connectivity index (χ3v) is 7.94. The van der Waals surface area contributed by atoms with Gasteiger partial charge in [0, 0.05) is 37.6 Å². The van der Waals surface area contributed by atoms with Gasteiger partial charge in [-0.2, -0.15) is 0 Å². The minimum absolute atomic E-state index is 0.202. The third kappa shape index (κ3) is 9.61. The van der Waals surface area contributed by atoms with Gasteiger partial charge in [-0.05, 0) is 49.3 Å². The van der Waals surface area contributed by atoms with E-state index in [1.165, 1.54) is 5.41 Å². The van der Waals surface area contributed by atoms with Crippen molar-refractivity contribution in [3.63, 3.8) is 0 Å². The summed E-state index contributed by atoms with van der Waals surface area (Å²) in [5, 5.41) is 10.5. The van der Waals surface area contributed by atoms with Gasteiger partial charge in [0.2, 0.25) is 5.91 Å². The number of aryl methyl sites for hydroxylation is 1. The van der Waals surface area contributed by atoms with Crippen molar-refractivity contribution in [2.45, 2.75) is 56.5 Å². The van der Waals surface area contributed by atoms with E-state index in [4.69, 9.17) is 0 Å². The molecule has 2 atom stereocenters. The third-order valence-electron chi connectivity index (χ3n) is 6.46. The molecule has 1 heterocycles. The summed E-state index contributed by atoms with van der Waals surface area (Å²) in [5.74, 6) is -0.0488. The Labute approximate surface area is 226 Å². The lowest BCUT2D eigenvalue weighted by molar-refractivity contribution is -0.124. The van der Waals surface area contributed by atoms with Crippen LogP contribution in [0.2, 0.25) is 0 Å². The minimum atomic E-state index is -3.57. The lowest BCUT2D eigenvalue weighted by Crippen LogP contribution is -2.56. The number of carbonyl (C=O) groups excluding carboxylic acids is 2. The van der Waals surface area contributed by atoms with Crippen molar-refractivity contribution in [1.82, 2.24) is 20.9 Å². The van der Waals surface area contributed by atoms with Crippen LogP contribution in [-0.2, 0) is 21.1 Å². The molecule has 38 heavy (non-hydrogen) atoms. The first-order chi connectivity index (χ1) is 18.2.